The quantitative estimate of drug-likeness (QED) is 0.00923. The summed E-state index contributed by atoms with van der Waals surface area (Å²) in [4.78, 5) is 92.0. The van der Waals surface area contributed by atoms with Crippen molar-refractivity contribution < 1.29 is 40.0 Å². The number of primary amides is 1. The Bertz CT molecular complexity index is 1620. The van der Waals surface area contributed by atoms with Gasteiger partial charge >= 0.3 is 0 Å². The van der Waals surface area contributed by atoms with Gasteiger partial charge in [0.2, 0.25) is 17.7 Å². The Morgan fingerprint density at radius 2 is 1.60 bits per heavy atom. The molecule has 0 fully saturated rings. The zero-order valence-corrected chi connectivity index (χ0v) is 32.0. The third-order valence-electron chi connectivity index (χ3n) is 7.80. The molecular weight excluding hydrogens is 751 g/mol. The number of carbonyl (C=O) groups is 7. The lowest BCUT2D eigenvalue weighted by Gasteiger charge is -2.22. The number of guanidine groups is 1. The summed E-state index contributed by atoms with van der Waals surface area (Å²) < 4.78 is 7.63. The average Bonchev–Trinajstić information content (AvgIpc) is 3.17. The zero-order valence-electron chi connectivity index (χ0n) is 31.4. The number of carbonyl (C=O) groups excluding carboxylic acids is 7. The Kier molecular flexibility index (Phi) is 21.1. The maximum atomic E-state index is 13.7. The number of nitrogens with two attached hydrogens (primary N) is 3. The first-order valence-electron chi connectivity index (χ1n) is 18.0. The molecule has 0 aliphatic rings. The highest BCUT2D eigenvalue weighted by atomic mass is 33.1. The van der Waals surface area contributed by atoms with Gasteiger partial charge in [-0.3, -0.25) is 44.4 Å². The topological polar surface area (TPSA) is 290 Å². The first kappa shape index (κ1) is 44.6. The summed E-state index contributed by atoms with van der Waals surface area (Å²) in [5.41, 5.74) is 16.8. The van der Waals surface area contributed by atoms with E-state index >= 15 is 0 Å². The van der Waals surface area contributed by atoms with Gasteiger partial charge in [0.1, 0.15) is 12.0 Å². The molecule has 0 spiro atoms. The van der Waals surface area contributed by atoms with Crippen LogP contribution in [0.1, 0.15) is 43.5 Å². The zero-order chi connectivity index (χ0) is 41.3. The number of aliphatic imine (C=N–C) groups is 1. The molecule has 55 heavy (non-hydrogen) atoms. The highest BCUT2D eigenvalue weighted by Crippen LogP contribution is 2.27. The number of aromatic hydroxyl groups is 1. The van der Waals surface area contributed by atoms with Crippen LogP contribution in [0.25, 0.3) is 0 Å². The van der Waals surface area contributed by atoms with Gasteiger partial charge in [-0.25, -0.2) is 0 Å². The molecule has 19 heteroatoms. The molecule has 0 saturated carbocycles. The summed E-state index contributed by atoms with van der Waals surface area (Å²) in [6, 6.07) is 11.9. The molecule has 300 valence electrons. The molecule has 4 atom stereocenters. The minimum atomic E-state index is -1.05. The van der Waals surface area contributed by atoms with E-state index in [1.165, 1.54) is 33.7 Å². The van der Waals surface area contributed by atoms with E-state index in [2.05, 4.69) is 31.6 Å². The van der Waals surface area contributed by atoms with Crippen LogP contribution in [0.5, 0.6) is 5.75 Å². The number of nitrogens with one attached hydrogen (secondary N) is 5. The number of hydrogen-bond acceptors (Lipinski definition) is 14. The monoisotopic (exact) mass is 802 g/mol. The molecule has 0 aliphatic heterocycles. The molecule has 0 heterocycles. The summed E-state index contributed by atoms with van der Waals surface area (Å²) in [7, 11) is 2.36. The van der Waals surface area contributed by atoms with Crippen molar-refractivity contribution in [3.05, 3.63) is 65.7 Å². The summed E-state index contributed by atoms with van der Waals surface area (Å²) in [6.45, 7) is -0.831. The number of amides is 3. The van der Waals surface area contributed by atoms with Crippen molar-refractivity contribution in [1.82, 2.24) is 26.6 Å². The first-order valence-corrected chi connectivity index (χ1v) is 19.8. The van der Waals surface area contributed by atoms with E-state index in [4.69, 9.17) is 18.6 Å². The third-order valence-corrected chi connectivity index (χ3v) is 10.3. The van der Waals surface area contributed by atoms with E-state index in [9.17, 15) is 38.7 Å². The Morgan fingerprint density at radius 3 is 2.25 bits per heavy atom. The van der Waals surface area contributed by atoms with Crippen LogP contribution in [0.15, 0.2) is 59.6 Å². The maximum absolute atomic E-state index is 13.7. The molecule has 2 aromatic carbocycles. The fourth-order valence-electron chi connectivity index (χ4n) is 4.85. The number of nitrogens with zero attached hydrogens (tertiary/aromatic N) is 1. The summed E-state index contributed by atoms with van der Waals surface area (Å²) in [6.07, 6.45) is 1.63. The van der Waals surface area contributed by atoms with Crippen molar-refractivity contribution in [1.29, 1.82) is 0 Å². The molecule has 0 radical (unpaired) electrons. The minimum Gasteiger partial charge on any atom is -0.508 e. The second-order valence-electron chi connectivity index (χ2n) is 12.3. The van der Waals surface area contributed by atoms with E-state index in [0.29, 0.717) is 30.5 Å². The van der Waals surface area contributed by atoms with Gasteiger partial charge in [0.05, 0.1) is 43.7 Å². The molecule has 0 saturated heterocycles. The van der Waals surface area contributed by atoms with Gasteiger partial charge in [0.15, 0.2) is 23.3 Å². The molecular formula is C36H51N9O8S2. The van der Waals surface area contributed by atoms with Gasteiger partial charge in [0, 0.05) is 38.1 Å². The summed E-state index contributed by atoms with van der Waals surface area (Å²) >= 11 is 0. The Morgan fingerprint density at radius 1 is 0.891 bits per heavy atom. The average molecular weight is 803 g/mol. The maximum Gasteiger partial charge on any atom is 0.234 e. The molecule has 2 rings (SSSR count). The minimum absolute atomic E-state index is 0.0304. The summed E-state index contributed by atoms with van der Waals surface area (Å²) in [5.74, 6) is -3.83. The van der Waals surface area contributed by atoms with Gasteiger partial charge in [-0.2, -0.15) is 0 Å². The number of rotatable bonds is 29. The predicted molar refractivity (Wildman–Crippen MR) is 213 cm³/mol. The van der Waals surface area contributed by atoms with Gasteiger partial charge in [-0.1, -0.05) is 64.1 Å². The van der Waals surface area contributed by atoms with Crippen molar-refractivity contribution in [3.63, 3.8) is 0 Å². The van der Waals surface area contributed by atoms with E-state index in [1.807, 2.05) is 0 Å². The third kappa shape index (κ3) is 19.9. The Hall–Kier alpha value is -4.82. The van der Waals surface area contributed by atoms with Crippen molar-refractivity contribution in [2.45, 2.75) is 50.7 Å². The van der Waals surface area contributed by atoms with Gasteiger partial charge in [-0.05, 0) is 43.9 Å². The highest BCUT2D eigenvalue weighted by Gasteiger charge is 2.28. The SMILES string of the molecule is [2H]CC(=O)[C@H](Cc1ccc(O)cc1)NC(=O)C(CSSCC(NC(=O)CNCN[C@H](C=O)CCCN=C(N)N)C(=O)CNCC(N)=O)CC(=O)c1ccccc1. The van der Waals surface area contributed by atoms with Crippen molar-refractivity contribution in [2.75, 3.05) is 44.4 Å². The smallest absolute Gasteiger partial charge is 0.234 e. The lowest BCUT2D eigenvalue weighted by atomic mass is 9.97. The first-order chi connectivity index (χ1) is 26.8. The van der Waals surface area contributed by atoms with Crippen LogP contribution in [0.2, 0.25) is 0 Å². The largest absolute Gasteiger partial charge is 0.508 e. The number of aldehydes is 1. The molecule has 3 amide bonds. The molecule has 2 unspecified atom stereocenters. The summed E-state index contributed by atoms with van der Waals surface area (Å²) in [5, 5.41) is 23.5. The van der Waals surface area contributed by atoms with Crippen molar-refractivity contribution in [2.24, 2.45) is 28.1 Å². The Labute approximate surface area is 329 Å². The Balaban J connectivity index is 2.07. The molecule has 0 bridgehead atoms. The second-order valence-corrected chi connectivity index (χ2v) is 14.9. The lowest BCUT2D eigenvalue weighted by molar-refractivity contribution is -0.129. The van der Waals surface area contributed by atoms with Crippen molar-refractivity contribution in [3.8, 4) is 5.75 Å². The van der Waals surface area contributed by atoms with E-state index < -0.39 is 60.2 Å². The van der Waals surface area contributed by atoms with Crippen molar-refractivity contribution >= 4 is 68.9 Å². The van der Waals surface area contributed by atoms with Crippen LogP contribution in [0.3, 0.4) is 0 Å². The number of phenols is 1. The van der Waals surface area contributed by atoms with E-state index in [0.717, 1.165) is 6.29 Å². The van der Waals surface area contributed by atoms with Gasteiger partial charge in [-0.15, -0.1) is 0 Å². The fraction of sp³-hybridized carbons (Fsp3) is 0.444. The molecule has 2 aromatic rings. The van der Waals surface area contributed by atoms with E-state index in [-0.39, 0.29) is 68.1 Å². The number of Topliss-reactive ketones (excluding diaryl/α,β-unsaturated/α-hetero) is 3. The number of phenolic OH excluding ortho intramolecular Hbond substituents is 1. The highest BCUT2D eigenvalue weighted by molar-refractivity contribution is 8.76. The van der Waals surface area contributed by atoms with Crippen LogP contribution in [-0.4, -0.2) is 115 Å². The fourth-order valence-corrected chi connectivity index (χ4v) is 7.36. The molecule has 0 aromatic heterocycles. The lowest BCUT2D eigenvalue weighted by Crippen LogP contribution is -2.50. The molecule has 12 N–H and O–H groups in total. The van der Waals surface area contributed by atoms with Gasteiger partial charge in [0.25, 0.3) is 0 Å². The van der Waals surface area contributed by atoms with Crippen LogP contribution >= 0.6 is 21.6 Å². The standard InChI is InChI=1S/C36H51N9O8S2/c1-23(47)29(14-24-9-11-28(48)12-10-24)45-35(53)26(15-31(49)25-6-3-2-4-7-25)20-54-55-21-30(32(50)16-40-17-33(37)51)44-34(52)18-41-22-43-27(19-46)8-5-13-42-36(38)39/h2-4,6-7,9-12,19,26-27,29-30,40-41,43,48H,5,8,13-18,20-22H2,1H3,(H2,37,51)(H,44,52)(H,45,53)(H4,38,39,42)/t26?,27-,29-,30?/m0/s1/i1D. The second kappa shape index (κ2) is 26.1. The number of hydrogen-bond donors (Lipinski definition) is 9. The molecule has 17 nitrogen and oxygen atoms in total. The van der Waals surface area contributed by atoms with Crippen LogP contribution in [0.4, 0.5) is 0 Å². The number of benzene rings is 2. The normalized spacial score (nSPS) is 13.3. The number of ketones is 3. The van der Waals surface area contributed by atoms with Crippen LogP contribution < -0.4 is 43.8 Å². The van der Waals surface area contributed by atoms with Crippen LogP contribution in [-0.2, 0) is 35.2 Å². The van der Waals surface area contributed by atoms with Crippen LogP contribution in [0, 0.1) is 5.92 Å². The molecule has 0 aliphatic carbocycles. The predicted octanol–water partition coefficient (Wildman–Crippen LogP) is -0.834. The van der Waals surface area contributed by atoms with E-state index in [1.54, 1.807) is 42.5 Å². The van der Waals surface area contributed by atoms with Gasteiger partial charge < -0.3 is 43.1 Å².